The lowest BCUT2D eigenvalue weighted by molar-refractivity contribution is 0.474. The average Bonchev–Trinajstić information content (AvgIpc) is 2.51. The third-order valence-electron chi connectivity index (χ3n) is 3.09. The van der Waals surface area contributed by atoms with Gasteiger partial charge in [-0.15, -0.1) is 0 Å². The lowest BCUT2D eigenvalue weighted by atomic mass is 10.2. The van der Waals surface area contributed by atoms with Gasteiger partial charge in [0.15, 0.2) is 5.82 Å². The van der Waals surface area contributed by atoms with Crippen LogP contribution in [0.3, 0.4) is 0 Å². The number of aromatic hydroxyl groups is 1. The molecule has 0 spiro atoms. The third-order valence-corrected chi connectivity index (χ3v) is 3.09. The molecule has 0 aliphatic heterocycles. The van der Waals surface area contributed by atoms with E-state index in [-0.39, 0.29) is 5.75 Å². The molecule has 1 aromatic heterocycles. The highest BCUT2D eigenvalue weighted by atomic mass is 16.3. The number of nitrogens with zero attached hydrogens (tertiary/aromatic N) is 4. The third kappa shape index (κ3) is 3.92. The number of aromatic nitrogens is 2. The second kappa shape index (κ2) is 7.23. The zero-order valence-electron chi connectivity index (χ0n) is 12.2. The van der Waals surface area contributed by atoms with Crippen molar-refractivity contribution >= 4 is 17.7 Å². The number of benzene rings is 1. The largest absolute Gasteiger partial charge is 0.507 e. The molecule has 2 aromatic rings. The topological polar surface area (TPSA) is 73.6 Å². The molecule has 1 heterocycles. The molecule has 6 heteroatoms. The van der Waals surface area contributed by atoms with Crippen molar-refractivity contribution in [2.24, 2.45) is 5.10 Å². The summed E-state index contributed by atoms with van der Waals surface area (Å²) in [5.41, 5.74) is 4.39. The molecule has 0 atom stereocenters. The van der Waals surface area contributed by atoms with E-state index in [1.54, 1.807) is 30.9 Å². The lowest BCUT2D eigenvalue weighted by Gasteiger charge is -2.21. The molecule has 0 unspecified atom stereocenters. The van der Waals surface area contributed by atoms with E-state index in [2.05, 4.69) is 39.2 Å². The van der Waals surface area contributed by atoms with E-state index in [4.69, 9.17) is 0 Å². The summed E-state index contributed by atoms with van der Waals surface area (Å²) in [5.74, 6) is 0.747. The zero-order chi connectivity index (χ0) is 15.1. The predicted molar refractivity (Wildman–Crippen MR) is 84.9 cm³/mol. The summed E-state index contributed by atoms with van der Waals surface area (Å²) >= 11 is 0. The van der Waals surface area contributed by atoms with E-state index in [1.807, 2.05) is 12.1 Å². The van der Waals surface area contributed by atoms with Crippen molar-refractivity contribution in [3.8, 4) is 5.75 Å². The van der Waals surface area contributed by atoms with Crippen molar-refractivity contribution in [1.29, 1.82) is 0 Å². The van der Waals surface area contributed by atoms with Gasteiger partial charge in [-0.05, 0) is 26.0 Å². The summed E-state index contributed by atoms with van der Waals surface area (Å²) in [7, 11) is 0. The highest BCUT2D eigenvalue weighted by molar-refractivity contribution is 5.84. The Labute approximate surface area is 124 Å². The first-order chi connectivity index (χ1) is 10.2. The minimum atomic E-state index is 0.198. The Kier molecular flexibility index (Phi) is 5.09. The van der Waals surface area contributed by atoms with Crippen molar-refractivity contribution in [3.63, 3.8) is 0 Å². The van der Waals surface area contributed by atoms with Gasteiger partial charge in [-0.25, -0.2) is 4.98 Å². The number of anilines is 2. The van der Waals surface area contributed by atoms with E-state index >= 15 is 0 Å². The second-order valence-corrected chi connectivity index (χ2v) is 4.38. The molecule has 21 heavy (non-hydrogen) atoms. The molecule has 0 aliphatic rings. The number of nitrogens with one attached hydrogen (secondary N) is 1. The van der Waals surface area contributed by atoms with Gasteiger partial charge in [-0.2, -0.15) is 5.10 Å². The van der Waals surface area contributed by atoms with Crippen molar-refractivity contribution < 1.29 is 5.11 Å². The van der Waals surface area contributed by atoms with E-state index in [1.165, 1.54) is 0 Å². The number of hydrogen-bond donors (Lipinski definition) is 2. The fourth-order valence-corrected chi connectivity index (χ4v) is 1.95. The van der Waals surface area contributed by atoms with Crippen LogP contribution in [0.5, 0.6) is 5.75 Å². The van der Waals surface area contributed by atoms with Crippen molar-refractivity contribution in [2.45, 2.75) is 13.8 Å². The SMILES string of the molecule is CCN(CC)c1ccc(C=NNc2cnccn2)c(O)c1. The molecular weight excluding hydrogens is 266 g/mol. The zero-order valence-corrected chi connectivity index (χ0v) is 12.2. The average molecular weight is 285 g/mol. The molecule has 2 rings (SSSR count). The number of rotatable bonds is 6. The van der Waals surface area contributed by atoms with Crippen LogP contribution in [0.1, 0.15) is 19.4 Å². The van der Waals surface area contributed by atoms with E-state index in [0.717, 1.165) is 18.8 Å². The van der Waals surface area contributed by atoms with Crippen molar-refractivity contribution in [1.82, 2.24) is 9.97 Å². The monoisotopic (exact) mass is 285 g/mol. The fourth-order valence-electron chi connectivity index (χ4n) is 1.95. The molecule has 1 aromatic carbocycles. The van der Waals surface area contributed by atoms with Crippen LogP contribution in [0, 0.1) is 0 Å². The van der Waals surface area contributed by atoms with Crippen molar-refractivity contribution in [2.75, 3.05) is 23.4 Å². The van der Waals surface area contributed by atoms with Gasteiger partial charge in [0.25, 0.3) is 0 Å². The summed E-state index contributed by atoms with van der Waals surface area (Å²) in [4.78, 5) is 10.1. The Balaban J connectivity index is 2.07. The van der Waals surface area contributed by atoms with Crippen LogP contribution in [0.25, 0.3) is 0 Å². The van der Waals surface area contributed by atoms with Crippen LogP contribution in [-0.4, -0.2) is 34.4 Å². The Morgan fingerprint density at radius 3 is 2.71 bits per heavy atom. The molecule has 110 valence electrons. The minimum absolute atomic E-state index is 0.198. The molecule has 0 saturated carbocycles. The van der Waals surface area contributed by atoms with Gasteiger partial charge in [0.2, 0.25) is 0 Å². The summed E-state index contributed by atoms with van der Waals surface area (Å²) < 4.78 is 0. The molecule has 0 amide bonds. The van der Waals surface area contributed by atoms with Gasteiger partial charge in [-0.1, -0.05) is 0 Å². The van der Waals surface area contributed by atoms with Gasteiger partial charge in [-0.3, -0.25) is 10.4 Å². The molecule has 6 nitrogen and oxygen atoms in total. The first kappa shape index (κ1) is 14.8. The Bertz CT molecular complexity index is 596. The molecule has 2 N–H and O–H groups in total. The Morgan fingerprint density at radius 1 is 1.29 bits per heavy atom. The Morgan fingerprint density at radius 2 is 2.10 bits per heavy atom. The maximum atomic E-state index is 10.1. The molecular formula is C15H19N5O. The first-order valence-electron chi connectivity index (χ1n) is 6.87. The van der Waals surface area contributed by atoms with Crippen LogP contribution >= 0.6 is 0 Å². The van der Waals surface area contributed by atoms with Crippen LogP contribution in [0.4, 0.5) is 11.5 Å². The van der Waals surface area contributed by atoms with E-state index in [9.17, 15) is 5.11 Å². The molecule has 0 bridgehead atoms. The molecule has 0 saturated heterocycles. The summed E-state index contributed by atoms with van der Waals surface area (Å²) in [5, 5.41) is 14.1. The standard InChI is InChI=1S/C15H19N5O/c1-3-20(4-2)13-6-5-12(14(21)9-13)10-18-19-15-11-16-7-8-17-15/h5-11,21H,3-4H2,1-2H3,(H,17,19). The minimum Gasteiger partial charge on any atom is -0.507 e. The fraction of sp³-hybridized carbons (Fsp3) is 0.267. The summed E-state index contributed by atoms with van der Waals surface area (Å²) in [6.45, 7) is 5.97. The van der Waals surface area contributed by atoms with Gasteiger partial charge in [0, 0.05) is 42.8 Å². The van der Waals surface area contributed by atoms with Gasteiger partial charge >= 0.3 is 0 Å². The van der Waals surface area contributed by atoms with Crippen LogP contribution in [-0.2, 0) is 0 Å². The molecule has 0 aliphatic carbocycles. The lowest BCUT2D eigenvalue weighted by Crippen LogP contribution is -2.21. The number of hydrazone groups is 1. The first-order valence-corrected chi connectivity index (χ1v) is 6.87. The van der Waals surface area contributed by atoms with Crippen LogP contribution in [0.2, 0.25) is 0 Å². The summed E-state index contributed by atoms with van der Waals surface area (Å²) in [6.07, 6.45) is 6.29. The quantitative estimate of drug-likeness (QED) is 0.630. The summed E-state index contributed by atoms with van der Waals surface area (Å²) in [6, 6.07) is 5.55. The highest BCUT2D eigenvalue weighted by Crippen LogP contribution is 2.23. The van der Waals surface area contributed by atoms with Crippen LogP contribution in [0.15, 0.2) is 41.9 Å². The van der Waals surface area contributed by atoms with E-state index in [0.29, 0.717) is 11.4 Å². The second-order valence-electron chi connectivity index (χ2n) is 4.38. The van der Waals surface area contributed by atoms with Gasteiger partial charge in [0.1, 0.15) is 5.75 Å². The maximum Gasteiger partial charge on any atom is 0.164 e. The van der Waals surface area contributed by atoms with Gasteiger partial charge in [0.05, 0.1) is 12.4 Å². The Hall–Kier alpha value is -2.63. The maximum absolute atomic E-state index is 10.1. The van der Waals surface area contributed by atoms with Gasteiger partial charge < -0.3 is 10.0 Å². The van der Waals surface area contributed by atoms with E-state index < -0.39 is 0 Å². The number of phenols is 1. The normalized spacial score (nSPS) is 10.8. The number of phenolic OH excluding ortho intramolecular Hbond substituents is 1. The molecule has 0 fully saturated rings. The molecule has 0 radical (unpaired) electrons. The number of hydrogen-bond acceptors (Lipinski definition) is 6. The highest BCUT2D eigenvalue weighted by Gasteiger charge is 2.05. The van der Waals surface area contributed by atoms with Crippen molar-refractivity contribution in [3.05, 3.63) is 42.4 Å². The predicted octanol–water partition coefficient (Wildman–Crippen LogP) is 2.47. The van der Waals surface area contributed by atoms with Crippen LogP contribution < -0.4 is 10.3 Å². The smallest absolute Gasteiger partial charge is 0.164 e.